The average Bonchev–Trinajstić information content (AvgIpc) is 3.25. The number of nitro groups is 1. The number of hydrogen-bond acceptors (Lipinski definition) is 6. The molecule has 0 saturated carbocycles. The first-order chi connectivity index (χ1) is 18.7. The van der Waals surface area contributed by atoms with E-state index in [0.29, 0.717) is 59.5 Å². The highest BCUT2D eigenvalue weighted by Crippen LogP contribution is 2.34. The molecule has 1 aliphatic heterocycles. The first-order valence-corrected chi connectivity index (χ1v) is 12.5. The summed E-state index contributed by atoms with van der Waals surface area (Å²) in [5.41, 5.74) is 5.61. The van der Waals surface area contributed by atoms with Crippen molar-refractivity contribution in [3.63, 3.8) is 0 Å². The molecule has 5 rings (SSSR count). The van der Waals surface area contributed by atoms with E-state index < -0.39 is 4.92 Å². The zero-order chi connectivity index (χ0) is 27.7. The maximum atomic E-state index is 11.8. The molecule has 198 valence electrons. The summed E-state index contributed by atoms with van der Waals surface area (Å²) >= 11 is 0. The number of amides is 2. The number of rotatable bonds is 6. The Bertz CT molecular complexity index is 1640. The fourth-order valence-corrected chi connectivity index (χ4v) is 4.80. The topological polar surface area (TPSA) is 141 Å². The number of H-pyrrole nitrogens is 1. The summed E-state index contributed by atoms with van der Waals surface area (Å²) < 4.78 is 0. The molecule has 4 aromatic rings. The van der Waals surface area contributed by atoms with Crippen LogP contribution >= 0.6 is 0 Å². The molecule has 0 unspecified atom stereocenters. The largest absolute Gasteiger partial charge is 0.494 e. The molecule has 10 nitrogen and oxygen atoms in total. The van der Waals surface area contributed by atoms with Gasteiger partial charge in [-0.05, 0) is 41.3 Å². The van der Waals surface area contributed by atoms with Crippen LogP contribution in [0.15, 0.2) is 65.7 Å². The van der Waals surface area contributed by atoms with Crippen LogP contribution in [0.1, 0.15) is 41.7 Å². The molecular weight excluding hydrogens is 498 g/mol. The fourth-order valence-electron chi connectivity index (χ4n) is 4.80. The fraction of sp³-hybridized carbons (Fsp3) is 0.207. The molecule has 3 aromatic carbocycles. The molecule has 0 aliphatic carbocycles. The number of hydrogen-bond donors (Lipinski definition) is 3. The van der Waals surface area contributed by atoms with E-state index in [9.17, 15) is 24.8 Å². The van der Waals surface area contributed by atoms with Crippen LogP contribution in [-0.4, -0.2) is 44.0 Å². The molecule has 0 radical (unpaired) electrons. The molecule has 2 amide bonds. The van der Waals surface area contributed by atoms with E-state index in [0.717, 1.165) is 16.7 Å². The molecule has 1 aliphatic rings. The molecule has 3 N–H and O–H groups in total. The Morgan fingerprint density at radius 3 is 2.54 bits per heavy atom. The SMILES string of the molecule is CC(=O)NCc1ccc(C(=Nc2ccc3c(c2)CCN(C(C)=O)C3)c2c(O)[nH]c3ccc([N+](=O)[O-])cc23)cc1. The standard InChI is InChI=1S/C29H27N5O5/c1-17(35)30-15-19-3-5-20(6-4-19)28(27-25-14-24(34(38)39)9-10-26(25)32-29(27)37)31-23-8-7-22-16-33(18(2)36)12-11-21(22)13-23/h3-10,13-14,32,37H,11-12,15-16H2,1-2H3,(H,30,35). The van der Waals surface area contributed by atoms with Crippen LogP contribution in [0.3, 0.4) is 0 Å². The van der Waals surface area contributed by atoms with Crippen LogP contribution in [-0.2, 0) is 29.1 Å². The van der Waals surface area contributed by atoms with E-state index in [4.69, 9.17) is 4.99 Å². The Balaban J connectivity index is 1.63. The number of carbonyl (C=O) groups excluding carboxylic acids is 2. The second-order valence-electron chi connectivity index (χ2n) is 9.55. The zero-order valence-electron chi connectivity index (χ0n) is 21.5. The quantitative estimate of drug-likeness (QED) is 0.193. The Hall–Kier alpha value is -4.99. The Labute approximate surface area is 224 Å². The molecule has 39 heavy (non-hydrogen) atoms. The smallest absolute Gasteiger partial charge is 0.270 e. The third-order valence-electron chi connectivity index (χ3n) is 6.87. The van der Waals surface area contributed by atoms with E-state index >= 15 is 0 Å². The minimum atomic E-state index is -0.477. The summed E-state index contributed by atoms with van der Waals surface area (Å²) in [7, 11) is 0. The van der Waals surface area contributed by atoms with E-state index in [1.165, 1.54) is 19.1 Å². The van der Waals surface area contributed by atoms with Gasteiger partial charge in [0.2, 0.25) is 11.8 Å². The van der Waals surface area contributed by atoms with Crippen LogP contribution in [0.5, 0.6) is 5.88 Å². The molecular formula is C29H27N5O5. The van der Waals surface area contributed by atoms with Crippen molar-refractivity contribution in [1.29, 1.82) is 0 Å². The number of nitrogens with zero attached hydrogens (tertiary/aromatic N) is 3. The van der Waals surface area contributed by atoms with Gasteiger partial charge in [-0.1, -0.05) is 30.3 Å². The summed E-state index contributed by atoms with van der Waals surface area (Å²) in [5.74, 6) is -0.247. The lowest BCUT2D eigenvalue weighted by Gasteiger charge is -2.28. The van der Waals surface area contributed by atoms with Crippen LogP contribution in [0.4, 0.5) is 11.4 Å². The van der Waals surface area contributed by atoms with Gasteiger partial charge >= 0.3 is 0 Å². The number of aliphatic imine (C=N–C) groups is 1. The first-order valence-electron chi connectivity index (χ1n) is 12.5. The number of nitrogens with one attached hydrogen (secondary N) is 2. The van der Waals surface area contributed by atoms with Crippen molar-refractivity contribution in [2.24, 2.45) is 4.99 Å². The van der Waals surface area contributed by atoms with Crippen LogP contribution in [0.25, 0.3) is 10.9 Å². The predicted molar refractivity (Wildman–Crippen MR) is 147 cm³/mol. The molecule has 0 spiro atoms. The molecule has 10 heteroatoms. The lowest BCUT2D eigenvalue weighted by atomic mass is 9.97. The molecule has 0 fully saturated rings. The molecule has 1 aromatic heterocycles. The zero-order valence-corrected chi connectivity index (χ0v) is 21.5. The summed E-state index contributed by atoms with van der Waals surface area (Å²) in [6, 6.07) is 17.6. The van der Waals surface area contributed by atoms with Gasteiger partial charge in [0, 0.05) is 62.1 Å². The lowest BCUT2D eigenvalue weighted by molar-refractivity contribution is -0.384. The molecule has 2 heterocycles. The monoisotopic (exact) mass is 525 g/mol. The number of fused-ring (bicyclic) bond motifs is 2. The summed E-state index contributed by atoms with van der Waals surface area (Å²) in [6.45, 7) is 4.56. The molecule has 0 atom stereocenters. The third kappa shape index (κ3) is 5.35. The van der Waals surface area contributed by atoms with Crippen molar-refractivity contribution in [3.8, 4) is 5.88 Å². The lowest BCUT2D eigenvalue weighted by Crippen LogP contribution is -2.34. The minimum Gasteiger partial charge on any atom is -0.494 e. The van der Waals surface area contributed by atoms with E-state index in [1.54, 1.807) is 17.9 Å². The number of aromatic amines is 1. The maximum Gasteiger partial charge on any atom is 0.270 e. The second kappa shape index (κ2) is 10.4. The van der Waals surface area contributed by atoms with Gasteiger partial charge in [-0.25, -0.2) is 4.99 Å². The summed E-state index contributed by atoms with van der Waals surface area (Å²) in [6.07, 6.45) is 0.704. The van der Waals surface area contributed by atoms with Crippen molar-refractivity contribution in [3.05, 3.63) is 98.6 Å². The van der Waals surface area contributed by atoms with Gasteiger partial charge in [-0.15, -0.1) is 0 Å². The Morgan fingerprint density at radius 2 is 1.85 bits per heavy atom. The van der Waals surface area contributed by atoms with Gasteiger partial charge in [0.1, 0.15) is 0 Å². The van der Waals surface area contributed by atoms with Crippen LogP contribution < -0.4 is 5.32 Å². The van der Waals surface area contributed by atoms with Crippen molar-refractivity contribution < 1.29 is 19.6 Å². The highest BCUT2D eigenvalue weighted by Gasteiger charge is 2.22. The number of carbonyl (C=O) groups is 2. The second-order valence-corrected chi connectivity index (χ2v) is 9.55. The van der Waals surface area contributed by atoms with Crippen LogP contribution in [0, 0.1) is 10.1 Å². The van der Waals surface area contributed by atoms with Crippen molar-refractivity contribution in [1.82, 2.24) is 15.2 Å². The van der Waals surface area contributed by atoms with Crippen molar-refractivity contribution in [2.75, 3.05) is 6.54 Å². The highest BCUT2D eigenvalue weighted by atomic mass is 16.6. The van der Waals surface area contributed by atoms with Crippen molar-refractivity contribution >= 4 is 39.8 Å². The van der Waals surface area contributed by atoms with Gasteiger partial charge in [0.25, 0.3) is 5.69 Å². The number of aromatic nitrogens is 1. The van der Waals surface area contributed by atoms with E-state index in [-0.39, 0.29) is 23.4 Å². The van der Waals surface area contributed by atoms with Gasteiger partial charge < -0.3 is 20.3 Å². The normalized spacial score (nSPS) is 13.3. The molecule has 0 saturated heterocycles. The number of aromatic hydroxyl groups is 1. The van der Waals surface area contributed by atoms with Crippen LogP contribution in [0.2, 0.25) is 0 Å². The Morgan fingerprint density at radius 1 is 1.08 bits per heavy atom. The number of nitro benzene ring substituents is 1. The van der Waals surface area contributed by atoms with Crippen molar-refractivity contribution in [2.45, 2.75) is 33.4 Å². The maximum absolute atomic E-state index is 11.8. The van der Waals surface area contributed by atoms with E-state index in [2.05, 4.69) is 10.3 Å². The van der Waals surface area contributed by atoms with Gasteiger partial charge in [0.15, 0.2) is 5.88 Å². The Kier molecular flexibility index (Phi) is 6.84. The first kappa shape index (κ1) is 25.7. The number of non-ortho nitro benzene ring substituents is 1. The molecule has 0 bridgehead atoms. The van der Waals surface area contributed by atoms with E-state index in [1.807, 2.05) is 42.5 Å². The number of benzene rings is 3. The third-order valence-corrected chi connectivity index (χ3v) is 6.87. The van der Waals surface area contributed by atoms with Gasteiger partial charge in [0.05, 0.1) is 21.9 Å². The average molecular weight is 526 g/mol. The summed E-state index contributed by atoms with van der Waals surface area (Å²) in [5, 5.41) is 25.7. The predicted octanol–water partition coefficient (Wildman–Crippen LogP) is 4.49. The van der Waals surface area contributed by atoms with Gasteiger partial charge in [-0.2, -0.15) is 0 Å². The summed E-state index contributed by atoms with van der Waals surface area (Å²) in [4.78, 5) is 43.8. The highest BCUT2D eigenvalue weighted by molar-refractivity contribution is 6.22. The van der Waals surface area contributed by atoms with Gasteiger partial charge in [-0.3, -0.25) is 19.7 Å². The minimum absolute atomic E-state index is 0.0379.